The number of rotatable bonds is 7. The lowest BCUT2D eigenvalue weighted by Crippen LogP contribution is -2.38. The fourth-order valence-corrected chi connectivity index (χ4v) is 5.09. The van der Waals surface area contributed by atoms with E-state index < -0.39 is 10.0 Å². The van der Waals surface area contributed by atoms with Crippen LogP contribution in [-0.4, -0.2) is 38.3 Å². The Bertz CT molecular complexity index is 996. The number of benzene rings is 2. The molecule has 0 aromatic heterocycles. The fraction of sp³-hybridized carbons (Fsp3) is 0.435. The average molecular weight is 431 g/mol. The molecule has 1 aliphatic rings. The van der Waals surface area contributed by atoms with Crippen molar-refractivity contribution in [3.05, 3.63) is 59.2 Å². The Labute approximate surface area is 179 Å². The van der Waals surface area contributed by atoms with Gasteiger partial charge < -0.3 is 10.1 Å². The van der Waals surface area contributed by atoms with Gasteiger partial charge in [0.25, 0.3) is 5.91 Å². The summed E-state index contributed by atoms with van der Waals surface area (Å²) in [6.45, 7) is 7.74. The molecule has 0 saturated carbocycles. The highest BCUT2D eigenvalue weighted by atomic mass is 32.2. The Morgan fingerprint density at radius 1 is 1.17 bits per heavy atom. The number of piperidine rings is 1. The minimum atomic E-state index is -3.61. The molecule has 0 bridgehead atoms. The molecule has 1 heterocycles. The number of nitrogens with one attached hydrogen (secondary N) is 1. The highest BCUT2D eigenvalue weighted by molar-refractivity contribution is 7.89. The van der Waals surface area contributed by atoms with E-state index in [4.69, 9.17) is 4.74 Å². The molecule has 2 aromatic carbocycles. The van der Waals surface area contributed by atoms with Gasteiger partial charge in [-0.2, -0.15) is 4.31 Å². The average Bonchev–Trinajstić information content (AvgIpc) is 2.73. The predicted octanol–water partition coefficient (Wildman–Crippen LogP) is 3.74. The second-order valence-corrected chi connectivity index (χ2v) is 9.72. The first-order valence-corrected chi connectivity index (χ1v) is 11.9. The Balaban J connectivity index is 1.77. The van der Waals surface area contributed by atoms with Crippen LogP contribution >= 0.6 is 0 Å². The van der Waals surface area contributed by atoms with E-state index in [0.29, 0.717) is 37.7 Å². The van der Waals surface area contributed by atoms with E-state index in [1.165, 1.54) is 10.4 Å². The van der Waals surface area contributed by atoms with Gasteiger partial charge in [0.2, 0.25) is 10.0 Å². The van der Waals surface area contributed by atoms with Crippen molar-refractivity contribution in [3.8, 4) is 5.75 Å². The van der Waals surface area contributed by atoms with Crippen molar-refractivity contribution in [3.63, 3.8) is 0 Å². The third-order valence-corrected chi connectivity index (χ3v) is 7.44. The van der Waals surface area contributed by atoms with Crippen LogP contribution in [0.5, 0.6) is 5.75 Å². The molecule has 0 unspecified atom stereocenters. The quantitative estimate of drug-likeness (QED) is 0.726. The van der Waals surface area contributed by atoms with Crippen LogP contribution < -0.4 is 10.1 Å². The Morgan fingerprint density at radius 3 is 2.57 bits per heavy atom. The summed E-state index contributed by atoms with van der Waals surface area (Å²) in [6, 6.07) is 12.3. The van der Waals surface area contributed by atoms with E-state index in [1.807, 2.05) is 38.1 Å². The predicted molar refractivity (Wildman–Crippen MR) is 117 cm³/mol. The van der Waals surface area contributed by atoms with Crippen LogP contribution in [0.2, 0.25) is 0 Å². The lowest BCUT2D eigenvalue weighted by Gasteiger charge is -2.29. The maximum Gasteiger partial charge on any atom is 0.251 e. The molecule has 1 aliphatic heterocycles. The lowest BCUT2D eigenvalue weighted by atomic mass is 10.0. The van der Waals surface area contributed by atoms with Gasteiger partial charge in [0.15, 0.2) is 0 Å². The van der Waals surface area contributed by atoms with Crippen molar-refractivity contribution in [2.24, 2.45) is 5.92 Å². The molecule has 1 saturated heterocycles. The van der Waals surface area contributed by atoms with E-state index >= 15 is 0 Å². The second kappa shape index (κ2) is 9.62. The van der Waals surface area contributed by atoms with Gasteiger partial charge in [0.05, 0.1) is 11.5 Å². The number of carbonyl (C=O) groups excluding carboxylic acids is 1. The summed E-state index contributed by atoms with van der Waals surface area (Å²) in [5.41, 5.74) is 1.98. The van der Waals surface area contributed by atoms with E-state index in [2.05, 4.69) is 12.2 Å². The van der Waals surface area contributed by atoms with Crippen molar-refractivity contribution in [1.29, 1.82) is 0 Å². The summed E-state index contributed by atoms with van der Waals surface area (Å²) < 4.78 is 33.2. The number of hydrogen-bond acceptors (Lipinski definition) is 4. The summed E-state index contributed by atoms with van der Waals surface area (Å²) in [5.74, 6) is 0.964. The summed E-state index contributed by atoms with van der Waals surface area (Å²) in [5, 5.41) is 2.89. The van der Waals surface area contributed by atoms with Crippen LogP contribution in [0.3, 0.4) is 0 Å². The van der Waals surface area contributed by atoms with Crippen LogP contribution in [0.15, 0.2) is 47.4 Å². The van der Waals surface area contributed by atoms with Gasteiger partial charge in [-0.25, -0.2) is 8.42 Å². The smallest absolute Gasteiger partial charge is 0.251 e. The number of para-hydroxylation sites is 1. The third kappa shape index (κ3) is 5.02. The highest BCUT2D eigenvalue weighted by Gasteiger charge is 2.28. The molecule has 30 heavy (non-hydrogen) atoms. The molecule has 162 valence electrons. The molecule has 0 atom stereocenters. The summed E-state index contributed by atoms with van der Waals surface area (Å²) in [6.07, 6.45) is 1.72. The van der Waals surface area contributed by atoms with Crippen LogP contribution in [0.25, 0.3) is 0 Å². The van der Waals surface area contributed by atoms with Gasteiger partial charge in [-0.15, -0.1) is 0 Å². The number of nitrogens with zero attached hydrogens (tertiary/aromatic N) is 1. The minimum absolute atomic E-state index is 0.169. The Morgan fingerprint density at radius 2 is 1.87 bits per heavy atom. The Kier molecular flexibility index (Phi) is 7.15. The van der Waals surface area contributed by atoms with E-state index in [9.17, 15) is 13.2 Å². The number of aryl methyl sites for hydroxylation is 1. The fourth-order valence-electron chi connectivity index (χ4n) is 3.60. The van der Waals surface area contributed by atoms with Crippen molar-refractivity contribution < 1.29 is 17.9 Å². The minimum Gasteiger partial charge on any atom is -0.494 e. The molecule has 6 nitrogen and oxygen atoms in total. The molecule has 0 radical (unpaired) electrons. The standard InChI is InChI=1S/C23H30N2O4S/c1-4-29-22-8-6-5-7-19(22)16-24-23(26)21-15-20(10-9-18(21)3)30(27,28)25-13-11-17(2)12-14-25/h5-10,15,17H,4,11-14,16H2,1-3H3,(H,24,26). The Hall–Kier alpha value is -2.38. The number of carbonyl (C=O) groups is 1. The zero-order valence-electron chi connectivity index (χ0n) is 17.8. The monoisotopic (exact) mass is 430 g/mol. The maximum atomic E-state index is 13.1. The van der Waals surface area contributed by atoms with Gasteiger partial charge in [-0.1, -0.05) is 31.2 Å². The van der Waals surface area contributed by atoms with Gasteiger partial charge >= 0.3 is 0 Å². The summed E-state index contributed by atoms with van der Waals surface area (Å²) in [4.78, 5) is 13.0. The number of hydrogen-bond donors (Lipinski definition) is 1. The van der Waals surface area contributed by atoms with Crippen LogP contribution in [0.1, 0.15) is 48.2 Å². The van der Waals surface area contributed by atoms with Crippen molar-refractivity contribution in [2.75, 3.05) is 19.7 Å². The molecule has 0 aliphatic carbocycles. The normalized spacial score (nSPS) is 15.7. The van der Waals surface area contributed by atoms with Crippen molar-refractivity contribution in [1.82, 2.24) is 9.62 Å². The van der Waals surface area contributed by atoms with Gasteiger partial charge in [-0.05, 0) is 56.4 Å². The first-order chi connectivity index (χ1) is 14.3. The van der Waals surface area contributed by atoms with Crippen LogP contribution in [-0.2, 0) is 16.6 Å². The van der Waals surface area contributed by atoms with Crippen molar-refractivity contribution >= 4 is 15.9 Å². The molecule has 3 rings (SSSR count). The number of amides is 1. The molecular formula is C23H30N2O4S. The molecular weight excluding hydrogens is 400 g/mol. The zero-order valence-corrected chi connectivity index (χ0v) is 18.7. The lowest BCUT2D eigenvalue weighted by molar-refractivity contribution is 0.0950. The van der Waals surface area contributed by atoms with Crippen molar-refractivity contribution in [2.45, 2.75) is 45.1 Å². The first-order valence-electron chi connectivity index (χ1n) is 10.4. The maximum absolute atomic E-state index is 13.1. The van der Waals surface area contributed by atoms with Crippen LogP contribution in [0, 0.1) is 12.8 Å². The molecule has 1 amide bonds. The van der Waals surface area contributed by atoms with Gasteiger partial charge in [0, 0.05) is 30.8 Å². The topological polar surface area (TPSA) is 75.7 Å². The highest BCUT2D eigenvalue weighted by Crippen LogP contribution is 2.25. The van der Waals surface area contributed by atoms with Crippen LogP contribution in [0.4, 0.5) is 0 Å². The molecule has 2 aromatic rings. The molecule has 1 fully saturated rings. The second-order valence-electron chi connectivity index (χ2n) is 7.79. The summed E-state index contributed by atoms with van der Waals surface area (Å²) >= 11 is 0. The molecule has 0 spiro atoms. The third-order valence-electron chi connectivity index (χ3n) is 5.55. The summed E-state index contributed by atoms with van der Waals surface area (Å²) in [7, 11) is -3.61. The largest absolute Gasteiger partial charge is 0.494 e. The molecule has 1 N–H and O–H groups in total. The number of sulfonamides is 1. The SMILES string of the molecule is CCOc1ccccc1CNC(=O)c1cc(S(=O)(=O)N2CCC(C)CC2)ccc1C. The number of ether oxygens (including phenoxy) is 1. The van der Waals surface area contributed by atoms with Gasteiger partial charge in [0.1, 0.15) is 5.75 Å². The zero-order chi connectivity index (χ0) is 21.7. The van der Waals surface area contributed by atoms with E-state index in [1.54, 1.807) is 12.1 Å². The van der Waals surface area contributed by atoms with E-state index in [-0.39, 0.29) is 10.8 Å². The first kappa shape index (κ1) is 22.3. The van der Waals surface area contributed by atoms with Gasteiger partial charge in [-0.3, -0.25) is 4.79 Å². The van der Waals surface area contributed by atoms with E-state index in [0.717, 1.165) is 29.7 Å². The molecule has 7 heteroatoms.